The molecule has 0 unspecified atom stereocenters. The standard InChI is InChI=1S/C20H32N2O4S/c1-5-11-21(12-6-2)20(23)17-9-13-22(14-10-17)27(24,25)18-7-8-19(26-4)16(3)15-18/h7-8,15,17H,5-6,9-14H2,1-4H3. The molecule has 152 valence electrons. The van der Waals surface area contributed by atoms with E-state index >= 15 is 0 Å². The molecule has 0 aliphatic carbocycles. The smallest absolute Gasteiger partial charge is 0.243 e. The summed E-state index contributed by atoms with van der Waals surface area (Å²) < 4.78 is 32.6. The highest BCUT2D eigenvalue weighted by atomic mass is 32.2. The maximum Gasteiger partial charge on any atom is 0.243 e. The molecule has 1 aromatic carbocycles. The fourth-order valence-electron chi connectivity index (χ4n) is 3.63. The van der Waals surface area contributed by atoms with Gasteiger partial charge in [-0.25, -0.2) is 8.42 Å². The van der Waals surface area contributed by atoms with Crippen LogP contribution in [0.15, 0.2) is 23.1 Å². The molecule has 1 fully saturated rings. The molecule has 1 aliphatic heterocycles. The van der Waals surface area contributed by atoms with Gasteiger partial charge in [0.15, 0.2) is 0 Å². The number of ether oxygens (including phenoxy) is 1. The van der Waals surface area contributed by atoms with Crippen LogP contribution < -0.4 is 4.74 Å². The molecule has 0 atom stereocenters. The number of amides is 1. The van der Waals surface area contributed by atoms with Crippen molar-refractivity contribution in [2.75, 3.05) is 33.3 Å². The number of benzene rings is 1. The van der Waals surface area contributed by atoms with E-state index in [4.69, 9.17) is 4.74 Å². The van der Waals surface area contributed by atoms with Gasteiger partial charge in [-0.3, -0.25) is 4.79 Å². The third kappa shape index (κ3) is 5.02. The Bertz CT molecular complexity index is 734. The Balaban J connectivity index is 2.05. The predicted molar refractivity (Wildman–Crippen MR) is 106 cm³/mol. The van der Waals surface area contributed by atoms with Crippen LogP contribution in [0.2, 0.25) is 0 Å². The van der Waals surface area contributed by atoms with Gasteiger partial charge >= 0.3 is 0 Å². The lowest BCUT2D eigenvalue weighted by atomic mass is 9.96. The van der Waals surface area contributed by atoms with Crippen molar-refractivity contribution < 1.29 is 17.9 Å². The topological polar surface area (TPSA) is 66.9 Å². The third-order valence-corrected chi connectivity index (χ3v) is 7.00. The zero-order valence-corrected chi connectivity index (χ0v) is 17.7. The van der Waals surface area contributed by atoms with Gasteiger partial charge in [0, 0.05) is 32.1 Å². The van der Waals surface area contributed by atoms with Crippen LogP contribution >= 0.6 is 0 Å². The molecule has 0 radical (unpaired) electrons. The number of sulfonamides is 1. The average molecular weight is 397 g/mol. The highest BCUT2D eigenvalue weighted by molar-refractivity contribution is 7.89. The van der Waals surface area contributed by atoms with Gasteiger partial charge in [0.2, 0.25) is 15.9 Å². The number of piperidine rings is 1. The second-order valence-electron chi connectivity index (χ2n) is 7.14. The van der Waals surface area contributed by atoms with Crippen LogP contribution in [0.4, 0.5) is 0 Å². The molecule has 0 aromatic heterocycles. The maximum atomic E-state index is 12.9. The van der Waals surface area contributed by atoms with Crippen molar-refractivity contribution >= 4 is 15.9 Å². The Morgan fingerprint density at radius 2 is 1.78 bits per heavy atom. The van der Waals surface area contributed by atoms with E-state index in [1.807, 2.05) is 11.8 Å². The van der Waals surface area contributed by atoms with Gasteiger partial charge in [-0.2, -0.15) is 4.31 Å². The van der Waals surface area contributed by atoms with Crippen LogP contribution in [-0.4, -0.2) is 56.8 Å². The average Bonchev–Trinajstić information content (AvgIpc) is 2.67. The zero-order valence-electron chi connectivity index (χ0n) is 16.9. The minimum Gasteiger partial charge on any atom is -0.496 e. The predicted octanol–water partition coefficient (Wildman–Crippen LogP) is 3.05. The Labute approximate surface area is 163 Å². The fraction of sp³-hybridized carbons (Fsp3) is 0.650. The number of carbonyl (C=O) groups excluding carboxylic acids is 1. The van der Waals surface area contributed by atoms with Crippen LogP contribution in [-0.2, 0) is 14.8 Å². The quantitative estimate of drug-likeness (QED) is 0.677. The van der Waals surface area contributed by atoms with E-state index < -0.39 is 10.0 Å². The van der Waals surface area contributed by atoms with Gasteiger partial charge in [-0.1, -0.05) is 13.8 Å². The Morgan fingerprint density at radius 1 is 1.19 bits per heavy atom. The van der Waals surface area contributed by atoms with E-state index in [1.54, 1.807) is 25.3 Å². The molecule has 0 N–H and O–H groups in total. The third-order valence-electron chi connectivity index (χ3n) is 5.11. The molecule has 0 saturated carbocycles. The number of rotatable bonds is 8. The molecule has 1 heterocycles. The molecular weight excluding hydrogens is 364 g/mol. The largest absolute Gasteiger partial charge is 0.496 e. The first-order valence-electron chi connectivity index (χ1n) is 9.78. The van der Waals surface area contributed by atoms with Crippen LogP contribution in [0.3, 0.4) is 0 Å². The van der Waals surface area contributed by atoms with Crippen molar-refractivity contribution in [3.8, 4) is 5.75 Å². The van der Waals surface area contributed by atoms with Crippen LogP contribution in [0.1, 0.15) is 45.1 Å². The van der Waals surface area contributed by atoms with Gasteiger partial charge in [0.05, 0.1) is 12.0 Å². The number of methoxy groups -OCH3 is 1. The molecule has 6 nitrogen and oxygen atoms in total. The Morgan fingerprint density at radius 3 is 2.26 bits per heavy atom. The van der Waals surface area contributed by atoms with Crippen molar-refractivity contribution in [2.45, 2.75) is 51.3 Å². The summed E-state index contributed by atoms with van der Waals surface area (Å²) in [5.74, 6) is 0.772. The monoisotopic (exact) mass is 396 g/mol. The first kappa shape index (κ1) is 21.7. The summed E-state index contributed by atoms with van der Waals surface area (Å²) >= 11 is 0. The SMILES string of the molecule is CCCN(CCC)C(=O)C1CCN(S(=O)(=O)c2ccc(OC)c(C)c2)CC1. The lowest BCUT2D eigenvalue weighted by Gasteiger charge is -2.33. The van der Waals surface area contributed by atoms with E-state index in [-0.39, 0.29) is 16.7 Å². The summed E-state index contributed by atoms with van der Waals surface area (Å²) in [5.41, 5.74) is 0.790. The summed E-state index contributed by atoms with van der Waals surface area (Å²) in [6, 6.07) is 4.92. The van der Waals surface area contributed by atoms with Crippen LogP contribution in [0.5, 0.6) is 5.75 Å². The maximum absolute atomic E-state index is 12.9. The second kappa shape index (κ2) is 9.55. The van der Waals surface area contributed by atoms with E-state index in [2.05, 4.69) is 13.8 Å². The summed E-state index contributed by atoms with van der Waals surface area (Å²) in [7, 11) is -1.98. The fourth-order valence-corrected chi connectivity index (χ4v) is 5.19. The molecule has 27 heavy (non-hydrogen) atoms. The van der Waals surface area contributed by atoms with E-state index in [0.29, 0.717) is 31.7 Å². The molecular formula is C20H32N2O4S. The molecule has 1 aliphatic rings. The zero-order chi connectivity index (χ0) is 20.0. The number of nitrogens with zero attached hydrogens (tertiary/aromatic N) is 2. The van der Waals surface area contributed by atoms with Gasteiger partial charge in [-0.05, 0) is 56.4 Å². The molecule has 1 aromatic rings. The first-order valence-corrected chi connectivity index (χ1v) is 11.2. The molecule has 1 saturated heterocycles. The second-order valence-corrected chi connectivity index (χ2v) is 9.07. The van der Waals surface area contributed by atoms with Gasteiger partial charge in [0.25, 0.3) is 0 Å². The Kier molecular flexibility index (Phi) is 7.68. The van der Waals surface area contributed by atoms with Crippen LogP contribution in [0, 0.1) is 12.8 Å². The lowest BCUT2D eigenvalue weighted by Crippen LogP contribution is -2.44. The molecule has 0 spiro atoms. The summed E-state index contributed by atoms with van der Waals surface area (Å²) in [6.45, 7) is 8.29. The van der Waals surface area contributed by atoms with Gasteiger partial charge in [-0.15, -0.1) is 0 Å². The number of aryl methyl sites for hydroxylation is 1. The van der Waals surface area contributed by atoms with Gasteiger partial charge < -0.3 is 9.64 Å². The number of hydrogen-bond acceptors (Lipinski definition) is 4. The normalized spacial score (nSPS) is 16.3. The van der Waals surface area contributed by atoms with Crippen molar-refractivity contribution in [1.29, 1.82) is 0 Å². The summed E-state index contributed by atoms with van der Waals surface area (Å²) in [4.78, 5) is 15.0. The summed E-state index contributed by atoms with van der Waals surface area (Å²) in [5, 5.41) is 0. The minimum atomic E-state index is -3.55. The van der Waals surface area contributed by atoms with E-state index in [0.717, 1.165) is 31.5 Å². The number of carbonyl (C=O) groups is 1. The van der Waals surface area contributed by atoms with E-state index in [9.17, 15) is 13.2 Å². The summed E-state index contributed by atoms with van der Waals surface area (Å²) in [6.07, 6.45) is 3.04. The minimum absolute atomic E-state index is 0.0767. The Hall–Kier alpha value is -1.60. The van der Waals surface area contributed by atoms with Crippen molar-refractivity contribution in [2.24, 2.45) is 5.92 Å². The number of hydrogen-bond donors (Lipinski definition) is 0. The molecule has 2 rings (SSSR count). The van der Waals surface area contributed by atoms with Crippen LogP contribution in [0.25, 0.3) is 0 Å². The highest BCUT2D eigenvalue weighted by Gasteiger charge is 2.33. The lowest BCUT2D eigenvalue weighted by molar-refractivity contribution is -0.136. The molecule has 1 amide bonds. The van der Waals surface area contributed by atoms with E-state index in [1.165, 1.54) is 4.31 Å². The van der Waals surface area contributed by atoms with Crippen molar-refractivity contribution in [1.82, 2.24) is 9.21 Å². The first-order chi connectivity index (χ1) is 12.8. The van der Waals surface area contributed by atoms with Crippen molar-refractivity contribution in [3.05, 3.63) is 23.8 Å². The highest BCUT2D eigenvalue weighted by Crippen LogP contribution is 2.28. The van der Waals surface area contributed by atoms with Crippen molar-refractivity contribution in [3.63, 3.8) is 0 Å². The van der Waals surface area contributed by atoms with Gasteiger partial charge in [0.1, 0.15) is 5.75 Å². The molecule has 7 heteroatoms. The molecule has 0 bridgehead atoms.